The fourth-order valence-corrected chi connectivity index (χ4v) is 4.06. The number of carbonyl (C=O) groups is 1. The third kappa shape index (κ3) is 3.71. The molecule has 0 saturated heterocycles. The van der Waals surface area contributed by atoms with Crippen molar-refractivity contribution in [3.05, 3.63) is 64.2 Å². The summed E-state index contributed by atoms with van der Waals surface area (Å²) >= 11 is 7.93. The van der Waals surface area contributed by atoms with Crippen molar-refractivity contribution in [2.45, 2.75) is 24.0 Å². The highest BCUT2D eigenvalue weighted by atomic mass is 35.5. The molecule has 0 saturated carbocycles. The summed E-state index contributed by atoms with van der Waals surface area (Å²) in [6.45, 7) is 0.423. The van der Waals surface area contributed by atoms with Gasteiger partial charge < -0.3 is 10.1 Å². The van der Waals surface area contributed by atoms with Gasteiger partial charge in [-0.1, -0.05) is 29.8 Å². The van der Waals surface area contributed by atoms with Crippen molar-refractivity contribution >= 4 is 29.3 Å². The second kappa shape index (κ2) is 7.39. The van der Waals surface area contributed by atoms with E-state index in [1.54, 1.807) is 18.9 Å². The van der Waals surface area contributed by atoms with Crippen LogP contribution in [0.2, 0.25) is 5.02 Å². The van der Waals surface area contributed by atoms with Gasteiger partial charge in [-0.05, 0) is 41.8 Å². The molecule has 0 aliphatic carbocycles. The molecule has 0 bridgehead atoms. The minimum absolute atomic E-state index is 0.00643. The van der Waals surface area contributed by atoms with E-state index in [-0.39, 0.29) is 11.9 Å². The first-order chi connectivity index (χ1) is 11.2. The lowest BCUT2D eigenvalue weighted by Crippen LogP contribution is -2.31. The Balaban J connectivity index is 1.83. The Morgan fingerprint density at radius 3 is 3.00 bits per heavy atom. The largest absolute Gasteiger partial charge is 0.380 e. The minimum Gasteiger partial charge on any atom is -0.380 e. The van der Waals surface area contributed by atoms with Crippen LogP contribution in [0, 0.1) is 0 Å². The van der Waals surface area contributed by atoms with E-state index in [1.807, 2.05) is 42.5 Å². The SMILES string of the molecule is COCc1ccccc1C(=O)NC1CCSc2ccc(Cl)cc21. The Morgan fingerprint density at radius 1 is 1.35 bits per heavy atom. The maximum absolute atomic E-state index is 12.7. The minimum atomic E-state index is -0.0690. The summed E-state index contributed by atoms with van der Waals surface area (Å²) in [7, 11) is 1.63. The van der Waals surface area contributed by atoms with Crippen molar-refractivity contribution in [3.63, 3.8) is 0 Å². The summed E-state index contributed by atoms with van der Waals surface area (Å²) in [6.07, 6.45) is 0.899. The van der Waals surface area contributed by atoms with Crippen LogP contribution in [0.25, 0.3) is 0 Å². The predicted octanol–water partition coefficient (Wildman–Crippen LogP) is 4.45. The molecule has 3 nitrogen and oxygen atoms in total. The molecular formula is C18H18ClNO2S. The Bertz CT molecular complexity index is 720. The summed E-state index contributed by atoms with van der Waals surface area (Å²) in [5.74, 6) is 0.916. The maximum atomic E-state index is 12.7. The Labute approximate surface area is 145 Å². The Hall–Kier alpha value is -1.49. The zero-order valence-corrected chi connectivity index (χ0v) is 14.4. The van der Waals surface area contributed by atoms with Gasteiger partial charge >= 0.3 is 0 Å². The van der Waals surface area contributed by atoms with E-state index in [9.17, 15) is 4.79 Å². The molecule has 2 aromatic rings. The van der Waals surface area contributed by atoms with Crippen LogP contribution < -0.4 is 5.32 Å². The normalized spacial score (nSPS) is 16.7. The van der Waals surface area contributed by atoms with Gasteiger partial charge in [0.15, 0.2) is 0 Å². The summed E-state index contributed by atoms with van der Waals surface area (Å²) in [5.41, 5.74) is 2.66. The Kier molecular flexibility index (Phi) is 5.26. The molecule has 1 aliphatic rings. The third-order valence-corrected chi connectivity index (χ3v) is 5.24. The molecule has 23 heavy (non-hydrogen) atoms. The standard InChI is InChI=1S/C18H18ClNO2S/c1-22-11-12-4-2-3-5-14(12)18(21)20-16-8-9-23-17-7-6-13(19)10-15(16)17/h2-7,10,16H,8-9,11H2,1H3,(H,20,21). The number of nitrogens with one attached hydrogen (secondary N) is 1. The van der Waals surface area contributed by atoms with Crippen LogP contribution in [0.4, 0.5) is 0 Å². The number of fused-ring (bicyclic) bond motifs is 1. The van der Waals surface area contributed by atoms with Crippen molar-refractivity contribution in [2.75, 3.05) is 12.9 Å². The fourth-order valence-electron chi connectivity index (χ4n) is 2.77. The van der Waals surface area contributed by atoms with Gasteiger partial charge in [0.25, 0.3) is 5.91 Å². The monoisotopic (exact) mass is 347 g/mol. The lowest BCUT2D eigenvalue weighted by molar-refractivity contribution is 0.0930. The number of carbonyl (C=O) groups excluding carboxylic acids is 1. The van der Waals surface area contributed by atoms with Gasteiger partial charge in [0.05, 0.1) is 12.6 Å². The molecule has 3 rings (SSSR count). The highest BCUT2D eigenvalue weighted by Gasteiger charge is 2.23. The van der Waals surface area contributed by atoms with Gasteiger partial charge in [-0.15, -0.1) is 11.8 Å². The van der Waals surface area contributed by atoms with Gasteiger partial charge in [-0.2, -0.15) is 0 Å². The molecule has 1 atom stereocenters. The maximum Gasteiger partial charge on any atom is 0.252 e. The average Bonchev–Trinajstić information content (AvgIpc) is 2.56. The van der Waals surface area contributed by atoms with E-state index < -0.39 is 0 Å². The molecule has 1 unspecified atom stereocenters. The van der Waals surface area contributed by atoms with Gasteiger partial charge in [0.1, 0.15) is 0 Å². The first-order valence-corrected chi connectivity index (χ1v) is 8.85. The molecule has 120 valence electrons. The van der Waals surface area contributed by atoms with E-state index in [2.05, 4.69) is 5.32 Å². The van der Waals surface area contributed by atoms with Crippen LogP contribution in [0.15, 0.2) is 47.4 Å². The summed E-state index contributed by atoms with van der Waals surface area (Å²) in [6, 6.07) is 13.4. The van der Waals surface area contributed by atoms with Crippen LogP contribution in [-0.4, -0.2) is 18.8 Å². The van der Waals surface area contributed by atoms with Gasteiger partial charge in [0, 0.05) is 28.3 Å². The summed E-state index contributed by atoms with van der Waals surface area (Å²) in [5, 5.41) is 3.85. The van der Waals surface area contributed by atoms with Crippen molar-refractivity contribution in [2.24, 2.45) is 0 Å². The van der Waals surface area contributed by atoms with E-state index in [0.29, 0.717) is 17.2 Å². The quantitative estimate of drug-likeness (QED) is 0.887. The number of ether oxygens (including phenoxy) is 1. The zero-order valence-electron chi connectivity index (χ0n) is 12.8. The van der Waals surface area contributed by atoms with Crippen LogP contribution >= 0.6 is 23.4 Å². The van der Waals surface area contributed by atoms with Gasteiger partial charge in [0.2, 0.25) is 0 Å². The predicted molar refractivity (Wildman–Crippen MR) is 94.2 cm³/mol. The summed E-state index contributed by atoms with van der Waals surface area (Å²) < 4.78 is 5.18. The first kappa shape index (κ1) is 16.4. The van der Waals surface area contributed by atoms with Crippen molar-refractivity contribution in [1.82, 2.24) is 5.32 Å². The van der Waals surface area contributed by atoms with Crippen molar-refractivity contribution < 1.29 is 9.53 Å². The molecule has 5 heteroatoms. The number of benzene rings is 2. The molecule has 0 radical (unpaired) electrons. The molecule has 1 amide bonds. The third-order valence-electron chi connectivity index (χ3n) is 3.88. The smallest absolute Gasteiger partial charge is 0.252 e. The number of halogens is 1. The topological polar surface area (TPSA) is 38.3 Å². The highest BCUT2D eigenvalue weighted by Crippen LogP contribution is 2.37. The van der Waals surface area contributed by atoms with Crippen molar-refractivity contribution in [3.8, 4) is 0 Å². The van der Waals surface area contributed by atoms with E-state index >= 15 is 0 Å². The second-order valence-electron chi connectivity index (χ2n) is 5.44. The number of rotatable bonds is 4. The van der Waals surface area contributed by atoms with Crippen LogP contribution in [0.1, 0.15) is 33.9 Å². The molecule has 0 aromatic heterocycles. The number of thioether (sulfide) groups is 1. The van der Waals surface area contributed by atoms with E-state index in [1.165, 1.54) is 4.90 Å². The van der Waals surface area contributed by atoms with Crippen LogP contribution in [-0.2, 0) is 11.3 Å². The van der Waals surface area contributed by atoms with Gasteiger partial charge in [-0.25, -0.2) is 0 Å². The van der Waals surface area contributed by atoms with Crippen molar-refractivity contribution in [1.29, 1.82) is 0 Å². The number of methoxy groups -OCH3 is 1. The molecular weight excluding hydrogens is 330 g/mol. The number of hydrogen-bond acceptors (Lipinski definition) is 3. The van der Waals surface area contributed by atoms with Crippen LogP contribution in [0.5, 0.6) is 0 Å². The number of amides is 1. The molecule has 2 aromatic carbocycles. The molecule has 1 heterocycles. The molecule has 0 fully saturated rings. The molecule has 0 spiro atoms. The lowest BCUT2D eigenvalue weighted by atomic mass is 10.0. The average molecular weight is 348 g/mol. The Morgan fingerprint density at radius 2 is 2.17 bits per heavy atom. The highest BCUT2D eigenvalue weighted by molar-refractivity contribution is 7.99. The zero-order chi connectivity index (χ0) is 16.2. The fraction of sp³-hybridized carbons (Fsp3) is 0.278. The molecule has 1 N–H and O–H groups in total. The second-order valence-corrected chi connectivity index (χ2v) is 7.01. The number of hydrogen-bond donors (Lipinski definition) is 1. The summed E-state index contributed by atoms with van der Waals surface area (Å²) in [4.78, 5) is 13.9. The van der Waals surface area contributed by atoms with Crippen LogP contribution in [0.3, 0.4) is 0 Å². The van der Waals surface area contributed by atoms with E-state index in [0.717, 1.165) is 23.3 Å². The van der Waals surface area contributed by atoms with E-state index in [4.69, 9.17) is 16.3 Å². The lowest BCUT2D eigenvalue weighted by Gasteiger charge is -2.26. The molecule has 1 aliphatic heterocycles. The van der Waals surface area contributed by atoms with Gasteiger partial charge in [-0.3, -0.25) is 4.79 Å². The first-order valence-electron chi connectivity index (χ1n) is 7.49.